The molecule has 0 radical (unpaired) electrons. The number of ether oxygens (including phenoxy) is 1. The standard InChI is InChI=1S/C24H24N6O2S/c1-29-10-17(9-26-29)20-3-2-15(8-25-20)6-16-7-22(28-21-4-5-33-23(16)21)24(31)27-18-11-30(12-18)19-13-32-14-19/h2-5,7-10,18-19H,6,11-14H2,1H3,(H,27,31). The van der Waals surface area contributed by atoms with Crippen LogP contribution in [-0.4, -0.2) is 68.9 Å². The second-order valence-corrected chi connectivity index (χ2v) is 9.66. The Morgan fingerprint density at radius 2 is 2.12 bits per heavy atom. The molecule has 0 atom stereocenters. The zero-order valence-corrected chi connectivity index (χ0v) is 19.1. The minimum absolute atomic E-state index is 0.107. The molecular formula is C24H24N6O2S. The number of hydrogen-bond donors (Lipinski definition) is 1. The predicted molar refractivity (Wildman–Crippen MR) is 126 cm³/mol. The molecule has 168 valence electrons. The van der Waals surface area contributed by atoms with E-state index in [1.807, 2.05) is 49.2 Å². The molecule has 6 heterocycles. The summed E-state index contributed by atoms with van der Waals surface area (Å²) in [5.41, 5.74) is 5.41. The zero-order valence-electron chi connectivity index (χ0n) is 18.3. The maximum Gasteiger partial charge on any atom is 0.270 e. The summed E-state index contributed by atoms with van der Waals surface area (Å²) < 4.78 is 8.14. The number of rotatable bonds is 6. The number of fused-ring (bicyclic) bond motifs is 1. The minimum atomic E-state index is -0.107. The lowest BCUT2D eigenvalue weighted by molar-refractivity contribution is -0.0921. The van der Waals surface area contributed by atoms with Crippen LogP contribution in [0.3, 0.4) is 0 Å². The molecule has 0 aliphatic carbocycles. The third kappa shape index (κ3) is 4.03. The Labute approximate surface area is 195 Å². The van der Waals surface area contributed by atoms with E-state index in [2.05, 4.69) is 31.3 Å². The molecule has 1 N–H and O–H groups in total. The molecule has 4 aromatic heterocycles. The number of likely N-dealkylation sites (tertiary alicyclic amines) is 1. The van der Waals surface area contributed by atoms with Crippen molar-refractivity contribution in [2.75, 3.05) is 26.3 Å². The largest absolute Gasteiger partial charge is 0.378 e. The molecule has 0 aromatic carbocycles. The maximum absolute atomic E-state index is 12.9. The van der Waals surface area contributed by atoms with Crippen LogP contribution < -0.4 is 5.32 Å². The van der Waals surface area contributed by atoms with Gasteiger partial charge in [0.2, 0.25) is 0 Å². The average molecular weight is 461 g/mol. The number of thiophene rings is 1. The summed E-state index contributed by atoms with van der Waals surface area (Å²) in [6.45, 7) is 3.36. The van der Waals surface area contributed by atoms with Gasteiger partial charge in [0.25, 0.3) is 5.91 Å². The first kappa shape index (κ1) is 20.5. The van der Waals surface area contributed by atoms with Crippen molar-refractivity contribution in [3.05, 3.63) is 65.1 Å². The molecule has 8 nitrogen and oxygen atoms in total. The Bertz CT molecular complexity index is 1300. The van der Waals surface area contributed by atoms with Gasteiger partial charge in [0.05, 0.1) is 47.4 Å². The Hall–Kier alpha value is -3.14. The summed E-state index contributed by atoms with van der Waals surface area (Å²) in [5, 5.41) is 9.38. The van der Waals surface area contributed by atoms with Gasteiger partial charge in [-0.15, -0.1) is 11.3 Å². The van der Waals surface area contributed by atoms with Gasteiger partial charge in [-0.2, -0.15) is 5.10 Å². The van der Waals surface area contributed by atoms with Gasteiger partial charge in [0.15, 0.2) is 0 Å². The van der Waals surface area contributed by atoms with Crippen molar-refractivity contribution < 1.29 is 9.53 Å². The number of amides is 1. The lowest BCUT2D eigenvalue weighted by Gasteiger charge is -2.47. The first-order valence-electron chi connectivity index (χ1n) is 11.1. The van der Waals surface area contributed by atoms with Crippen molar-refractivity contribution in [1.82, 2.24) is 30.0 Å². The summed E-state index contributed by atoms with van der Waals surface area (Å²) in [6.07, 6.45) is 6.35. The predicted octanol–water partition coefficient (Wildman–Crippen LogP) is 2.50. The molecule has 2 saturated heterocycles. The lowest BCUT2D eigenvalue weighted by atomic mass is 10.0. The van der Waals surface area contributed by atoms with E-state index >= 15 is 0 Å². The van der Waals surface area contributed by atoms with E-state index in [4.69, 9.17) is 4.74 Å². The molecule has 0 bridgehead atoms. The molecular weight excluding hydrogens is 436 g/mol. The Balaban J connectivity index is 1.18. The van der Waals surface area contributed by atoms with Crippen LogP contribution in [-0.2, 0) is 18.2 Å². The van der Waals surface area contributed by atoms with E-state index in [9.17, 15) is 4.79 Å². The molecule has 0 unspecified atom stereocenters. The summed E-state index contributed by atoms with van der Waals surface area (Å²) >= 11 is 1.65. The van der Waals surface area contributed by atoms with Gasteiger partial charge in [-0.1, -0.05) is 6.07 Å². The molecule has 0 saturated carbocycles. The summed E-state index contributed by atoms with van der Waals surface area (Å²) in [5.74, 6) is -0.107. The number of hydrogen-bond acceptors (Lipinski definition) is 7. The maximum atomic E-state index is 12.9. The molecule has 6 rings (SSSR count). The van der Waals surface area contributed by atoms with Crippen molar-refractivity contribution >= 4 is 27.5 Å². The molecule has 2 aliphatic rings. The number of pyridine rings is 2. The highest BCUT2D eigenvalue weighted by molar-refractivity contribution is 7.17. The van der Waals surface area contributed by atoms with Crippen molar-refractivity contribution in [2.24, 2.45) is 7.05 Å². The minimum Gasteiger partial charge on any atom is -0.378 e. The number of nitrogens with zero attached hydrogens (tertiary/aromatic N) is 5. The van der Waals surface area contributed by atoms with E-state index in [1.165, 1.54) is 0 Å². The number of aromatic nitrogens is 4. The summed E-state index contributed by atoms with van der Waals surface area (Å²) in [4.78, 5) is 24.5. The molecule has 0 spiro atoms. The van der Waals surface area contributed by atoms with Crippen LogP contribution in [0.25, 0.3) is 21.5 Å². The van der Waals surface area contributed by atoms with Gasteiger partial charge in [0.1, 0.15) is 5.69 Å². The van der Waals surface area contributed by atoms with Crippen LogP contribution >= 0.6 is 11.3 Å². The monoisotopic (exact) mass is 460 g/mol. The van der Waals surface area contributed by atoms with Crippen LogP contribution in [0.15, 0.2) is 48.2 Å². The Morgan fingerprint density at radius 3 is 2.82 bits per heavy atom. The van der Waals surface area contributed by atoms with Gasteiger partial charge >= 0.3 is 0 Å². The molecule has 2 aliphatic heterocycles. The zero-order chi connectivity index (χ0) is 22.4. The van der Waals surface area contributed by atoms with Crippen molar-refractivity contribution in [3.63, 3.8) is 0 Å². The van der Waals surface area contributed by atoms with E-state index < -0.39 is 0 Å². The van der Waals surface area contributed by atoms with E-state index in [0.29, 0.717) is 18.2 Å². The van der Waals surface area contributed by atoms with Gasteiger partial charge in [0, 0.05) is 44.5 Å². The van der Waals surface area contributed by atoms with E-state index in [0.717, 1.165) is 58.9 Å². The Kier molecular flexibility index (Phi) is 5.17. The molecule has 4 aromatic rings. The van der Waals surface area contributed by atoms with Crippen molar-refractivity contribution in [1.29, 1.82) is 0 Å². The normalized spacial score (nSPS) is 17.1. The van der Waals surface area contributed by atoms with Crippen molar-refractivity contribution in [3.8, 4) is 11.3 Å². The second kappa shape index (κ2) is 8.33. The molecule has 1 amide bonds. The number of nitrogens with one attached hydrogen (secondary N) is 1. The average Bonchev–Trinajstić information content (AvgIpc) is 3.40. The van der Waals surface area contributed by atoms with Crippen LogP contribution in [0.4, 0.5) is 0 Å². The molecule has 2 fully saturated rings. The quantitative estimate of drug-likeness (QED) is 0.476. The highest BCUT2D eigenvalue weighted by Crippen LogP contribution is 2.27. The SMILES string of the molecule is Cn1cc(-c2ccc(Cc3cc(C(=O)NC4CN(C5COC5)C4)nc4ccsc34)cn2)cn1. The van der Waals surface area contributed by atoms with Crippen LogP contribution in [0.2, 0.25) is 0 Å². The van der Waals surface area contributed by atoms with Crippen LogP contribution in [0.1, 0.15) is 21.6 Å². The first-order valence-corrected chi connectivity index (χ1v) is 11.9. The molecule has 9 heteroatoms. The highest BCUT2D eigenvalue weighted by Gasteiger charge is 2.36. The first-order chi connectivity index (χ1) is 16.1. The van der Waals surface area contributed by atoms with Gasteiger partial charge in [-0.25, -0.2) is 4.98 Å². The van der Waals surface area contributed by atoms with E-state index in [-0.39, 0.29) is 11.9 Å². The summed E-state index contributed by atoms with van der Waals surface area (Å²) in [7, 11) is 1.89. The lowest BCUT2D eigenvalue weighted by Crippen LogP contribution is -2.66. The highest BCUT2D eigenvalue weighted by atomic mass is 32.1. The van der Waals surface area contributed by atoms with E-state index in [1.54, 1.807) is 16.0 Å². The summed E-state index contributed by atoms with van der Waals surface area (Å²) in [6, 6.07) is 8.70. The Morgan fingerprint density at radius 1 is 1.24 bits per heavy atom. The topological polar surface area (TPSA) is 85.2 Å². The van der Waals surface area contributed by atoms with Gasteiger partial charge < -0.3 is 10.1 Å². The fourth-order valence-electron chi connectivity index (χ4n) is 4.34. The van der Waals surface area contributed by atoms with Crippen LogP contribution in [0.5, 0.6) is 0 Å². The van der Waals surface area contributed by atoms with Crippen LogP contribution in [0, 0.1) is 0 Å². The third-order valence-corrected chi connectivity index (χ3v) is 7.30. The fourth-order valence-corrected chi connectivity index (χ4v) is 5.19. The third-order valence-electron chi connectivity index (χ3n) is 6.32. The number of carbonyl (C=O) groups is 1. The van der Waals surface area contributed by atoms with Crippen molar-refractivity contribution in [2.45, 2.75) is 18.5 Å². The number of aryl methyl sites for hydroxylation is 1. The molecule has 33 heavy (non-hydrogen) atoms. The van der Waals surface area contributed by atoms with Gasteiger partial charge in [-0.05, 0) is 34.7 Å². The second-order valence-electron chi connectivity index (χ2n) is 8.75. The smallest absolute Gasteiger partial charge is 0.270 e. The fraction of sp³-hybridized carbons (Fsp3) is 0.333. The van der Waals surface area contributed by atoms with Gasteiger partial charge in [-0.3, -0.25) is 19.4 Å². The number of carbonyl (C=O) groups excluding carboxylic acids is 1.